The van der Waals surface area contributed by atoms with Gasteiger partial charge in [0.2, 0.25) is 0 Å². The van der Waals surface area contributed by atoms with Crippen LogP contribution in [0.5, 0.6) is 0 Å². The molecule has 0 saturated carbocycles. The van der Waals surface area contributed by atoms with Gasteiger partial charge in [0.05, 0.1) is 31.3 Å². The number of nitrogen functional groups attached to an aromatic ring is 1. The van der Waals surface area contributed by atoms with Gasteiger partial charge in [-0.15, -0.1) is 0 Å². The molecule has 13 nitrogen and oxygen atoms in total. The van der Waals surface area contributed by atoms with Crippen LogP contribution in [-0.4, -0.2) is 91.7 Å². The highest BCUT2D eigenvalue weighted by Gasteiger charge is 2.55. The molecule has 0 bridgehead atoms. The minimum atomic E-state index is -2.39. The molecule has 16 heteroatoms. The van der Waals surface area contributed by atoms with Gasteiger partial charge in [0, 0.05) is 6.20 Å². The van der Waals surface area contributed by atoms with E-state index in [1.54, 1.807) is 13.3 Å². The molecule has 4 rings (SSSR count). The standard InChI is InChI=1S/C34H61N7O6Si3/c1-17-43-30(42)22-18-37-41(19-22)31-38-27(35)24-28(39-31)40(21-36-24)29-26(47-50(15,16)34(8,9)10)25(46-49(13,14)33(5,6)7)23(45-29)20-44-48(11,12)32(2,3)4/h18-19,21,23,25-26,29H,17,20H2,1-16H3,(H2,35,38,39)/t23-,25-,26-,29?/m1/s1. The van der Waals surface area contributed by atoms with E-state index in [9.17, 15) is 4.79 Å². The summed E-state index contributed by atoms with van der Waals surface area (Å²) in [6.45, 7) is 36.0. The van der Waals surface area contributed by atoms with Crippen LogP contribution in [0.1, 0.15) is 85.8 Å². The van der Waals surface area contributed by atoms with E-state index in [1.165, 1.54) is 17.1 Å². The Bertz CT molecular complexity index is 1670. The molecule has 1 fully saturated rings. The molecule has 3 aromatic heterocycles. The highest BCUT2D eigenvalue weighted by molar-refractivity contribution is 6.75. The van der Waals surface area contributed by atoms with E-state index in [4.69, 9.17) is 33.5 Å². The van der Waals surface area contributed by atoms with Crippen LogP contribution in [-0.2, 0) is 22.8 Å². The Morgan fingerprint density at radius 1 is 0.880 bits per heavy atom. The van der Waals surface area contributed by atoms with Crippen molar-refractivity contribution in [2.45, 2.75) is 148 Å². The highest BCUT2D eigenvalue weighted by Crippen LogP contribution is 2.47. The predicted octanol–water partition coefficient (Wildman–Crippen LogP) is 7.47. The Labute approximate surface area is 301 Å². The lowest BCUT2D eigenvalue weighted by Crippen LogP contribution is -2.54. The Balaban J connectivity index is 1.87. The number of hydrogen-bond acceptors (Lipinski definition) is 11. The van der Waals surface area contributed by atoms with E-state index in [1.807, 2.05) is 4.57 Å². The Hall–Kier alpha value is -2.48. The average Bonchev–Trinajstić information content (AvgIpc) is 3.68. The third kappa shape index (κ3) is 8.10. The van der Waals surface area contributed by atoms with Crippen molar-refractivity contribution in [2.75, 3.05) is 18.9 Å². The number of anilines is 1. The van der Waals surface area contributed by atoms with Gasteiger partial charge in [-0.1, -0.05) is 62.3 Å². The second kappa shape index (κ2) is 13.8. The average molecular weight is 748 g/mol. The van der Waals surface area contributed by atoms with Crippen molar-refractivity contribution >= 4 is 47.9 Å². The summed E-state index contributed by atoms with van der Waals surface area (Å²) >= 11 is 0. The third-order valence-electron chi connectivity index (χ3n) is 11.2. The fraction of sp³-hybridized carbons (Fsp3) is 0.735. The lowest BCUT2D eigenvalue weighted by molar-refractivity contribution is -0.0470. The van der Waals surface area contributed by atoms with Crippen LogP contribution in [0, 0.1) is 0 Å². The van der Waals surface area contributed by atoms with Crippen molar-refractivity contribution < 1.29 is 27.5 Å². The van der Waals surface area contributed by atoms with E-state index in [0.717, 1.165) is 0 Å². The topological polar surface area (TPSA) is 151 Å². The zero-order valence-corrected chi connectivity index (χ0v) is 36.2. The van der Waals surface area contributed by atoms with Crippen LogP contribution in [0.2, 0.25) is 54.4 Å². The molecular formula is C34H61N7O6Si3. The summed E-state index contributed by atoms with van der Waals surface area (Å²) in [4.78, 5) is 26.3. The van der Waals surface area contributed by atoms with Gasteiger partial charge < -0.3 is 28.5 Å². The summed E-state index contributed by atoms with van der Waals surface area (Å²) in [5.41, 5.74) is 7.63. The molecule has 1 aliphatic heterocycles. The van der Waals surface area contributed by atoms with E-state index in [2.05, 4.69) is 117 Å². The van der Waals surface area contributed by atoms with Crippen molar-refractivity contribution in [3.8, 4) is 5.95 Å². The molecule has 4 atom stereocenters. The maximum absolute atomic E-state index is 12.4. The van der Waals surface area contributed by atoms with Gasteiger partial charge in [-0.2, -0.15) is 15.1 Å². The zero-order valence-electron chi connectivity index (χ0n) is 33.2. The monoisotopic (exact) mass is 747 g/mol. The van der Waals surface area contributed by atoms with Gasteiger partial charge in [0.25, 0.3) is 5.95 Å². The van der Waals surface area contributed by atoms with Crippen molar-refractivity contribution in [1.82, 2.24) is 29.3 Å². The van der Waals surface area contributed by atoms with Gasteiger partial charge in [0.15, 0.2) is 42.6 Å². The van der Waals surface area contributed by atoms with Gasteiger partial charge in [-0.3, -0.25) is 4.57 Å². The lowest BCUT2D eigenvalue weighted by atomic mass is 10.1. The Morgan fingerprint density at radius 2 is 1.44 bits per heavy atom. The number of esters is 1. The number of carbonyl (C=O) groups is 1. The number of nitrogens with two attached hydrogens (primary N) is 1. The molecule has 0 amide bonds. The molecule has 0 radical (unpaired) electrons. The second-order valence-corrected chi connectivity index (χ2v) is 32.3. The molecule has 1 unspecified atom stereocenters. The fourth-order valence-corrected chi connectivity index (χ4v) is 8.46. The SMILES string of the molecule is CCOC(=O)c1cnn(-c2nc(N)c3ncn(C4O[C@H](CO[Si](C)(C)C(C)(C)C)[C@@H](O[Si](C)(C)C(C)(C)C)[C@H]4O[Si](C)(C)C(C)(C)C)c3n2)c1. The molecule has 50 heavy (non-hydrogen) atoms. The number of hydrogen-bond donors (Lipinski definition) is 1. The molecule has 2 N–H and O–H groups in total. The lowest BCUT2D eigenvalue weighted by Gasteiger charge is -2.44. The normalized spacial score (nSPS) is 21.3. The number of rotatable bonds is 11. The molecule has 3 aromatic rings. The van der Waals surface area contributed by atoms with Gasteiger partial charge in [-0.05, 0) is 61.3 Å². The summed E-state index contributed by atoms with van der Waals surface area (Å²) < 4.78 is 36.9. The molecule has 280 valence electrons. The van der Waals surface area contributed by atoms with Crippen molar-refractivity contribution in [3.05, 3.63) is 24.3 Å². The maximum atomic E-state index is 12.4. The van der Waals surface area contributed by atoms with Crippen LogP contribution in [0.3, 0.4) is 0 Å². The van der Waals surface area contributed by atoms with E-state index in [-0.39, 0.29) is 39.1 Å². The van der Waals surface area contributed by atoms with Crippen LogP contribution in [0.4, 0.5) is 5.82 Å². The number of imidazole rings is 1. The summed E-state index contributed by atoms with van der Waals surface area (Å²) in [6, 6.07) is 0. The second-order valence-electron chi connectivity index (χ2n) is 17.9. The first-order valence-corrected chi connectivity index (χ1v) is 26.3. The molecule has 0 aliphatic carbocycles. The fourth-order valence-electron chi connectivity index (χ4n) is 4.84. The van der Waals surface area contributed by atoms with E-state index >= 15 is 0 Å². The Morgan fingerprint density at radius 3 is 1.98 bits per heavy atom. The Kier molecular flexibility index (Phi) is 11.1. The molecule has 0 spiro atoms. The van der Waals surface area contributed by atoms with Crippen LogP contribution < -0.4 is 5.73 Å². The first-order chi connectivity index (χ1) is 22.7. The van der Waals surface area contributed by atoms with E-state index in [0.29, 0.717) is 17.8 Å². The predicted molar refractivity (Wildman–Crippen MR) is 204 cm³/mol. The first-order valence-electron chi connectivity index (χ1n) is 17.6. The minimum Gasteiger partial charge on any atom is -0.462 e. The summed E-state index contributed by atoms with van der Waals surface area (Å²) in [5, 5.41) is 4.20. The molecule has 1 aliphatic rings. The smallest absolute Gasteiger partial charge is 0.341 e. The third-order valence-corrected chi connectivity index (χ3v) is 24.6. The van der Waals surface area contributed by atoms with E-state index < -0.39 is 55.5 Å². The maximum Gasteiger partial charge on any atom is 0.341 e. The van der Waals surface area contributed by atoms with Crippen LogP contribution in [0.15, 0.2) is 18.7 Å². The summed E-state index contributed by atoms with van der Waals surface area (Å²) in [7, 11) is -6.87. The molecule has 4 heterocycles. The van der Waals surface area contributed by atoms with Crippen molar-refractivity contribution in [2.24, 2.45) is 0 Å². The minimum absolute atomic E-state index is 0.0167. The van der Waals surface area contributed by atoms with Crippen molar-refractivity contribution in [3.63, 3.8) is 0 Å². The molecule has 0 aromatic carbocycles. The summed E-state index contributed by atoms with van der Waals surface area (Å²) in [6.07, 6.45) is 2.60. The zero-order chi connectivity index (χ0) is 37.8. The number of ether oxygens (including phenoxy) is 2. The van der Waals surface area contributed by atoms with Crippen LogP contribution >= 0.6 is 0 Å². The van der Waals surface area contributed by atoms with Crippen molar-refractivity contribution in [1.29, 1.82) is 0 Å². The number of carbonyl (C=O) groups excluding carboxylic acids is 1. The first kappa shape index (κ1) is 40.3. The number of fused-ring (bicyclic) bond motifs is 1. The van der Waals surface area contributed by atoms with Crippen LogP contribution in [0.25, 0.3) is 17.1 Å². The largest absolute Gasteiger partial charge is 0.462 e. The van der Waals surface area contributed by atoms with Gasteiger partial charge in [0.1, 0.15) is 23.8 Å². The molecular weight excluding hydrogens is 687 g/mol. The quantitative estimate of drug-likeness (QED) is 0.154. The highest BCUT2D eigenvalue weighted by atomic mass is 28.4. The number of aromatic nitrogens is 6. The molecule has 1 saturated heterocycles. The summed E-state index contributed by atoms with van der Waals surface area (Å²) in [5.74, 6) is -0.135. The van der Waals surface area contributed by atoms with Gasteiger partial charge in [-0.25, -0.2) is 14.5 Å². The number of nitrogens with zero attached hydrogens (tertiary/aromatic N) is 6. The van der Waals surface area contributed by atoms with Gasteiger partial charge >= 0.3 is 5.97 Å².